The number of hydrogen-bond donors (Lipinski definition) is 2. The highest BCUT2D eigenvalue weighted by Crippen LogP contribution is 2.21. The van der Waals surface area contributed by atoms with Crippen LogP contribution in [0, 0.1) is 0 Å². The summed E-state index contributed by atoms with van der Waals surface area (Å²) in [5, 5.41) is 15.5. The SMILES string of the molecule is OCc1[nH]nc2c(Cl)nc(Cl)nc12. The zero-order valence-corrected chi connectivity index (χ0v) is 7.76. The maximum absolute atomic E-state index is 8.89. The van der Waals surface area contributed by atoms with Crippen LogP contribution in [0.4, 0.5) is 0 Å². The molecule has 0 atom stereocenters. The molecule has 0 spiro atoms. The van der Waals surface area contributed by atoms with Gasteiger partial charge in [-0.15, -0.1) is 0 Å². The van der Waals surface area contributed by atoms with E-state index in [-0.39, 0.29) is 17.0 Å². The molecule has 0 saturated carbocycles. The van der Waals surface area contributed by atoms with Gasteiger partial charge in [0.25, 0.3) is 0 Å². The molecule has 7 heteroatoms. The van der Waals surface area contributed by atoms with Gasteiger partial charge >= 0.3 is 0 Å². The van der Waals surface area contributed by atoms with Crippen molar-refractivity contribution in [3.8, 4) is 0 Å². The Morgan fingerprint density at radius 1 is 1.23 bits per heavy atom. The molecule has 0 aliphatic heterocycles. The van der Waals surface area contributed by atoms with Crippen LogP contribution in [0.15, 0.2) is 0 Å². The van der Waals surface area contributed by atoms with Gasteiger partial charge in [-0.05, 0) is 11.6 Å². The number of aromatic nitrogens is 4. The molecule has 0 aliphatic rings. The maximum Gasteiger partial charge on any atom is 0.224 e. The second-order valence-electron chi connectivity index (χ2n) is 2.34. The van der Waals surface area contributed by atoms with Crippen LogP contribution in [-0.2, 0) is 6.61 Å². The van der Waals surface area contributed by atoms with Crippen LogP contribution in [-0.4, -0.2) is 25.3 Å². The average molecular weight is 219 g/mol. The van der Waals surface area contributed by atoms with Crippen LogP contribution in [0.1, 0.15) is 5.69 Å². The van der Waals surface area contributed by atoms with Gasteiger partial charge in [0.15, 0.2) is 5.15 Å². The fourth-order valence-corrected chi connectivity index (χ4v) is 1.42. The summed E-state index contributed by atoms with van der Waals surface area (Å²) in [4.78, 5) is 7.59. The molecule has 0 bridgehead atoms. The molecule has 13 heavy (non-hydrogen) atoms. The van der Waals surface area contributed by atoms with Crippen molar-refractivity contribution >= 4 is 34.2 Å². The van der Waals surface area contributed by atoms with Crippen molar-refractivity contribution in [3.63, 3.8) is 0 Å². The van der Waals surface area contributed by atoms with Crippen molar-refractivity contribution in [1.29, 1.82) is 0 Å². The smallest absolute Gasteiger partial charge is 0.224 e. The number of aliphatic hydroxyl groups excluding tert-OH is 1. The lowest BCUT2D eigenvalue weighted by atomic mass is 10.3. The highest BCUT2D eigenvalue weighted by atomic mass is 35.5. The van der Waals surface area contributed by atoms with Gasteiger partial charge < -0.3 is 5.11 Å². The summed E-state index contributed by atoms with van der Waals surface area (Å²) in [6, 6.07) is 0. The quantitative estimate of drug-likeness (QED) is 0.557. The number of aromatic amines is 1. The normalized spacial score (nSPS) is 11.0. The molecule has 0 unspecified atom stereocenters. The van der Waals surface area contributed by atoms with Crippen LogP contribution in [0.5, 0.6) is 0 Å². The number of H-pyrrole nitrogens is 1. The van der Waals surface area contributed by atoms with Gasteiger partial charge in [0.2, 0.25) is 5.28 Å². The van der Waals surface area contributed by atoms with E-state index in [0.717, 1.165) is 0 Å². The molecule has 0 aromatic carbocycles. The van der Waals surface area contributed by atoms with E-state index in [9.17, 15) is 0 Å². The number of aliphatic hydroxyl groups is 1. The zero-order valence-electron chi connectivity index (χ0n) is 6.25. The third-order valence-electron chi connectivity index (χ3n) is 1.56. The molecule has 0 amide bonds. The van der Waals surface area contributed by atoms with Crippen molar-refractivity contribution in [3.05, 3.63) is 16.1 Å². The number of fused-ring (bicyclic) bond motifs is 1. The second-order valence-corrected chi connectivity index (χ2v) is 3.04. The predicted octanol–water partition coefficient (Wildman–Crippen LogP) is 1.15. The molecule has 68 valence electrons. The van der Waals surface area contributed by atoms with E-state index in [4.69, 9.17) is 28.3 Å². The van der Waals surface area contributed by atoms with Crippen molar-refractivity contribution in [2.75, 3.05) is 0 Å². The lowest BCUT2D eigenvalue weighted by molar-refractivity contribution is 0.278. The minimum Gasteiger partial charge on any atom is -0.390 e. The van der Waals surface area contributed by atoms with Crippen molar-refractivity contribution < 1.29 is 5.11 Å². The van der Waals surface area contributed by atoms with Crippen LogP contribution >= 0.6 is 23.2 Å². The number of nitrogens with one attached hydrogen (secondary N) is 1. The first-order valence-electron chi connectivity index (χ1n) is 3.39. The minimum absolute atomic E-state index is 0.0357. The van der Waals surface area contributed by atoms with Gasteiger partial charge in [0.05, 0.1) is 12.3 Å². The highest BCUT2D eigenvalue weighted by Gasteiger charge is 2.11. The zero-order chi connectivity index (χ0) is 9.42. The van der Waals surface area contributed by atoms with E-state index in [1.807, 2.05) is 0 Å². The third-order valence-corrected chi connectivity index (χ3v) is 1.99. The number of rotatable bonds is 1. The number of halogens is 2. The average Bonchev–Trinajstić information content (AvgIpc) is 2.47. The summed E-state index contributed by atoms with van der Waals surface area (Å²) in [6.45, 7) is -0.194. The van der Waals surface area contributed by atoms with Crippen molar-refractivity contribution in [1.82, 2.24) is 20.2 Å². The Kier molecular flexibility index (Phi) is 2.07. The molecule has 2 aromatic heterocycles. The van der Waals surface area contributed by atoms with E-state index >= 15 is 0 Å². The predicted molar refractivity (Wildman–Crippen MR) is 47.6 cm³/mol. The topological polar surface area (TPSA) is 74.7 Å². The van der Waals surface area contributed by atoms with Gasteiger partial charge in [-0.25, -0.2) is 9.97 Å². The molecule has 0 fully saturated rings. The lowest BCUT2D eigenvalue weighted by Gasteiger charge is -1.93. The van der Waals surface area contributed by atoms with Gasteiger partial charge in [-0.3, -0.25) is 5.10 Å². The van der Waals surface area contributed by atoms with Crippen LogP contribution in [0.25, 0.3) is 11.0 Å². The number of nitrogens with zero attached hydrogens (tertiary/aromatic N) is 3. The first-order chi connectivity index (χ1) is 6.22. The summed E-state index contributed by atoms with van der Waals surface area (Å²) in [5.74, 6) is 0. The molecule has 2 N–H and O–H groups in total. The van der Waals surface area contributed by atoms with Gasteiger partial charge in [-0.1, -0.05) is 11.6 Å². The third kappa shape index (κ3) is 1.35. The molecule has 2 aromatic rings. The Labute approximate surface area is 82.7 Å². The van der Waals surface area contributed by atoms with Crippen LogP contribution in [0.3, 0.4) is 0 Å². The van der Waals surface area contributed by atoms with Crippen LogP contribution < -0.4 is 0 Å². The first-order valence-corrected chi connectivity index (χ1v) is 4.15. The van der Waals surface area contributed by atoms with E-state index in [1.165, 1.54) is 0 Å². The summed E-state index contributed by atoms with van der Waals surface area (Å²) >= 11 is 11.3. The minimum atomic E-state index is -0.194. The number of hydrogen-bond acceptors (Lipinski definition) is 4. The molecule has 0 saturated heterocycles. The Balaban J connectivity index is 2.82. The van der Waals surface area contributed by atoms with Crippen molar-refractivity contribution in [2.45, 2.75) is 6.61 Å². The van der Waals surface area contributed by atoms with Crippen molar-refractivity contribution in [2.24, 2.45) is 0 Å². The largest absolute Gasteiger partial charge is 0.390 e. The summed E-state index contributed by atoms with van der Waals surface area (Å²) in [5.41, 5.74) is 1.34. The molecule has 0 radical (unpaired) electrons. The Morgan fingerprint density at radius 3 is 2.69 bits per heavy atom. The van der Waals surface area contributed by atoms with Gasteiger partial charge in [0, 0.05) is 0 Å². The Morgan fingerprint density at radius 2 is 2.00 bits per heavy atom. The van der Waals surface area contributed by atoms with Crippen LogP contribution in [0.2, 0.25) is 10.4 Å². The molecule has 0 aliphatic carbocycles. The standard InChI is InChI=1S/C6H4Cl2N4O/c7-5-4-3(9-6(8)10-5)2(1-13)11-12-4/h13H,1H2,(H,11,12). The summed E-state index contributed by atoms with van der Waals surface area (Å²) in [7, 11) is 0. The van der Waals surface area contributed by atoms with E-state index in [0.29, 0.717) is 16.7 Å². The fraction of sp³-hybridized carbons (Fsp3) is 0.167. The second kappa shape index (κ2) is 3.10. The molecule has 2 rings (SSSR count). The molecule has 5 nitrogen and oxygen atoms in total. The summed E-state index contributed by atoms with van der Waals surface area (Å²) in [6.07, 6.45) is 0. The highest BCUT2D eigenvalue weighted by molar-refractivity contribution is 6.35. The Bertz CT molecular complexity index is 455. The van der Waals surface area contributed by atoms with E-state index in [2.05, 4.69) is 20.2 Å². The maximum atomic E-state index is 8.89. The molecular formula is C6H4Cl2N4O. The van der Waals surface area contributed by atoms with E-state index < -0.39 is 0 Å². The van der Waals surface area contributed by atoms with Gasteiger partial charge in [0.1, 0.15) is 11.0 Å². The molecule has 2 heterocycles. The first kappa shape index (κ1) is 8.68. The molecular weight excluding hydrogens is 215 g/mol. The van der Waals surface area contributed by atoms with E-state index in [1.54, 1.807) is 0 Å². The Hall–Kier alpha value is -0.910. The van der Waals surface area contributed by atoms with Gasteiger partial charge in [-0.2, -0.15) is 5.10 Å². The summed E-state index contributed by atoms with van der Waals surface area (Å²) < 4.78 is 0. The lowest BCUT2D eigenvalue weighted by Crippen LogP contribution is -1.88. The fourth-order valence-electron chi connectivity index (χ4n) is 0.998. The monoisotopic (exact) mass is 218 g/mol.